The standard InChI is InChI=1S/C17H10BrClFNS/c18-17-16(12-5-8-13(19)9-6-12)21-15(22-17)10-7-11-3-1-2-4-14(11)20/h1-10H/b10-7+. The van der Waals surface area contributed by atoms with Crippen LogP contribution in [0, 0.1) is 5.82 Å². The number of halogens is 3. The molecule has 0 unspecified atom stereocenters. The molecule has 0 saturated heterocycles. The molecule has 0 aliphatic heterocycles. The number of thiazole rings is 1. The summed E-state index contributed by atoms with van der Waals surface area (Å²) < 4.78 is 14.5. The van der Waals surface area contributed by atoms with E-state index in [0.717, 1.165) is 20.1 Å². The van der Waals surface area contributed by atoms with Crippen molar-refractivity contribution in [3.05, 3.63) is 73.7 Å². The van der Waals surface area contributed by atoms with E-state index in [2.05, 4.69) is 20.9 Å². The van der Waals surface area contributed by atoms with Crippen molar-refractivity contribution in [1.29, 1.82) is 0 Å². The van der Waals surface area contributed by atoms with Crippen molar-refractivity contribution in [2.45, 2.75) is 0 Å². The minimum Gasteiger partial charge on any atom is -0.235 e. The van der Waals surface area contributed by atoms with Gasteiger partial charge in [0.15, 0.2) is 0 Å². The number of hydrogen-bond donors (Lipinski definition) is 0. The van der Waals surface area contributed by atoms with Crippen LogP contribution in [0.2, 0.25) is 5.02 Å². The van der Waals surface area contributed by atoms with Crippen LogP contribution >= 0.6 is 38.9 Å². The van der Waals surface area contributed by atoms with Gasteiger partial charge in [-0.15, -0.1) is 11.3 Å². The second-order valence-corrected chi connectivity index (χ2v) is 7.32. The monoisotopic (exact) mass is 393 g/mol. The first-order valence-electron chi connectivity index (χ1n) is 6.48. The Labute approximate surface area is 145 Å². The van der Waals surface area contributed by atoms with Crippen LogP contribution in [0.15, 0.2) is 52.3 Å². The lowest BCUT2D eigenvalue weighted by molar-refractivity contribution is 0.625. The highest BCUT2D eigenvalue weighted by molar-refractivity contribution is 9.11. The largest absolute Gasteiger partial charge is 0.235 e. The van der Waals surface area contributed by atoms with Crippen molar-refractivity contribution in [1.82, 2.24) is 4.98 Å². The predicted molar refractivity (Wildman–Crippen MR) is 95.6 cm³/mol. The number of benzene rings is 2. The SMILES string of the molecule is Fc1ccccc1/C=C/c1nc(-c2ccc(Cl)cc2)c(Br)s1. The van der Waals surface area contributed by atoms with Gasteiger partial charge in [-0.2, -0.15) is 0 Å². The molecule has 0 saturated carbocycles. The fourth-order valence-corrected chi connectivity index (χ4v) is 3.60. The topological polar surface area (TPSA) is 12.9 Å². The summed E-state index contributed by atoms with van der Waals surface area (Å²) in [7, 11) is 0. The van der Waals surface area contributed by atoms with E-state index in [0.29, 0.717) is 10.6 Å². The van der Waals surface area contributed by atoms with Crippen molar-refractivity contribution < 1.29 is 4.39 Å². The van der Waals surface area contributed by atoms with Gasteiger partial charge in [0, 0.05) is 16.1 Å². The maximum Gasteiger partial charge on any atom is 0.130 e. The van der Waals surface area contributed by atoms with Crippen LogP contribution in [0.25, 0.3) is 23.4 Å². The van der Waals surface area contributed by atoms with Gasteiger partial charge in [-0.25, -0.2) is 9.37 Å². The van der Waals surface area contributed by atoms with Crippen LogP contribution in [0.4, 0.5) is 4.39 Å². The molecule has 1 nitrogen and oxygen atoms in total. The summed E-state index contributed by atoms with van der Waals surface area (Å²) in [6, 6.07) is 14.2. The van der Waals surface area contributed by atoms with Gasteiger partial charge < -0.3 is 0 Å². The summed E-state index contributed by atoms with van der Waals surface area (Å²) >= 11 is 10.9. The summed E-state index contributed by atoms with van der Waals surface area (Å²) in [6.07, 6.45) is 3.54. The van der Waals surface area contributed by atoms with E-state index in [1.807, 2.05) is 30.3 Å². The molecule has 1 heterocycles. The summed E-state index contributed by atoms with van der Waals surface area (Å²) in [6.45, 7) is 0. The zero-order valence-corrected chi connectivity index (χ0v) is 14.4. The normalized spacial score (nSPS) is 11.2. The third-order valence-electron chi connectivity index (χ3n) is 3.03. The molecule has 0 aliphatic carbocycles. The Morgan fingerprint density at radius 1 is 1.05 bits per heavy atom. The first-order chi connectivity index (χ1) is 10.6. The van der Waals surface area contributed by atoms with Gasteiger partial charge in [-0.3, -0.25) is 0 Å². The van der Waals surface area contributed by atoms with Gasteiger partial charge in [0.2, 0.25) is 0 Å². The van der Waals surface area contributed by atoms with Crippen LogP contribution < -0.4 is 0 Å². The number of nitrogens with zero attached hydrogens (tertiary/aromatic N) is 1. The molecular weight excluding hydrogens is 385 g/mol. The molecule has 0 amide bonds. The van der Waals surface area contributed by atoms with Gasteiger partial charge in [0.05, 0.1) is 9.48 Å². The lowest BCUT2D eigenvalue weighted by atomic mass is 10.2. The van der Waals surface area contributed by atoms with Gasteiger partial charge in [0.25, 0.3) is 0 Å². The van der Waals surface area contributed by atoms with Gasteiger partial charge >= 0.3 is 0 Å². The van der Waals surface area contributed by atoms with Crippen LogP contribution in [-0.2, 0) is 0 Å². The van der Waals surface area contributed by atoms with Crippen molar-refractivity contribution >= 4 is 51.0 Å². The van der Waals surface area contributed by atoms with E-state index in [-0.39, 0.29) is 5.82 Å². The third kappa shape index (κ3) is 3.46. The van der Waals surface area contributed by atoms with Crippen LogP contribution in [0.1, 0.15) is 10.6 Å². The molecule has 22 heavy (non-hydrogen) atoms. The van der Waals surface area contributed by atoms with E-state index in [9.17, 15) is 4.39 Å². The molecular formula is C17H10BrClFNS. The van der Waals surface area contributed by atoms with Crippen molar-refractivity contribution in [3.8, 4) is 11.3 Å². The molecule has 3 aromatic rings. The molecule has 0 aliphatic rings. The maximum absolute atomic E-state index is 13.6. The zero-order chi connectivity index (χ0) is 15.5. The second-order valence-electron chi connectivity index (χ2n) is 4.54. The van der Waals surface area contributed by atoms with Gasteiger partial charge in [-0.1, -0.05) is 41.9 Å². The van der Waals surface area contributed by atoms with Crippen molar-refractivity contribution in [2.24, 2.45) is 0 Å². The molecule has 1 aromatic heterocycles. The Morgan fingerprint density at radius 3 is 2.50 bits per heavy atom. The minimum atomic E-state index is -0.243. The van der Waals surface area contributed by atoms with E-state index in [1.54, 1.807) is 24.3 Å². The summed E-state index contributed by atoms with van der Waals surface area (Å²) in [5.74, 6) is -0.243. The van der Waals surface area contributed by atoms with Crippen molar-refractivity contribution in [2.75, 3.05) is 0 Å². The van der Waals surface area contributed by atoms with Gasteiger partial charge in [0.1, 0.15) is 10.8 Å². The Hall–Kier alpha value is -1.49. The minimum absolute atomic E-state index is 0.243. The van der Waals surface area contributed by atoms with Crippen LogP contribution in [0.5, 0.6) is 0 Å². The molecule has 3 rings (SSSR count). The number of aromatic nitrogens is 1. The highest BCUT2D eigenvalue weighted by atomic mass is 79.9. The molecule has 0 atom stereocenters. The maximum atomic E-state index is 13.6. The smallest absolute Gasteiger partial charge is 0.130 e. The lowest BCUT2D eigenvalue weighted by Gasteiger charge is -1.97. The predicted octanol–water partition coefficient (Wildman–Crippen LogP) is 6.54. The Bertz CT molecular complexity index is 827. The molecule has 5 heteroatoms. The lowest BCUT2D eigenvalue weighted by Crippen LogP contribution is -1.80. The first-order valence-corrected chi connectivity index (χ1v) is 8.47. The van der Waals surface area contributed by atoms with Crippen LogP contribution in [-0.4, -0.2) is 4.98 Å². The highest BCUT2D eigenvalue weighted by Gasteiger charge is 2.09. The number of hydrogen-bond acceptors (Lipinski definition) is 2. The summed E-state index contributed by atoms with van der Waals surface area (Å²) in [5.41, 5.74) is 2.38. The van der Waals surface area contributed by atoms with E-state index in [4.69, 9.17) is 11.6 Å². The Balaban J connectivity index is 1.89. The van der Waals surface area contributed by atoms with E-state index in [1.165, 1.54) is 17.4 Å². The van der Waals surface area contributed by atoms with Crippen LogP contribution in [0.3, 0.4) is 0 Å². The first kappa shape index (κ1) is 15.4. The average Bonchev–Trinajstić information content (AvgIpc) is 2.88. The quantitative estimate of drug-likeness (QED) is 0.492. The molecule has 110 valence electrons. The summed E-state index contributed by atoms with van der Waals surface area (Å²) in [5, 5.41) is 1.50. The molecule has 0 fully saturated rings. The fraction of sp³-hybridized carbons (Fsp3) is 0. The molecule has 0 bridgehead atoms. The number of rotatable bonds is 3. The average molecular weight is 395 g/mol. The fourth-order valence-electron chi connectivity index (χ4n) is 1.95. The van der Waals surface area contributed by atoms with Crippen molar-refractivity contribution in [3.63, 3.8) is 0 Å². The molecule has 0 radical (unpaired) electrons. The summed E-state index contributed by atoms with van der Waals surface area (Å²) in [4.78, 5) is 4.57. The Kier molecular flexibility index (Phi) is 4.71. The van der Waals surface area contributed by atoms with E-state index >= 15 is 0 Å². The van der Waals surface area contributed by atoms with E-state index < -0.39 is 0 Å². The molecule has 0 N–H and O–H groups in total. The van der Waals surface area contributed by atoms with Gasteiger partial charge in [-0.05, 0) is 46.3 Å². The molecule has 2 aromatic carbocycles. The highest BCUT2D eigenvalue weighted by Crippen LogP contribution is 2.34. The molecule has 0 spiro atoms. The Morgan fingerprint density at radius 2 is 1.77 bits per heavy atom. The second kappa shape index (κ2) is 6.73. The zero-order valence-electron chi connectivity index (χ0n) is 11.3. The third-order valence-corrected chi connectivity index (χ3v) is 4.95.